The summed E-state index contributed by atoms with van der Waals surface area (Å²) in [7, 11) is 0. The first-order valence-electron chi connectivity index (χ1n) is 9.31. The fourth-order valence-electron chi connectivity index (χ4n) is 3.42. The second kappa shape index (κ2) is 8.72. The van der Waals surface area contributed by atoms with Crippen LogP contribution in [0.4, 0.5) is 23.4 Å². The first-order valence-corrected chi connectivity index (χ1v) is 10.1. The van der Waals surface area contributed by atoms with Gasteiger partial charge in [0.2, 0.25) is 0 Å². The summed E-state index contributed by atoms with van der Waals surface area (Å²) in [5.41, 5.74) is -2.59. The average molecular weight is 451 g/mol. The van der Waals surface area contributed by atoms with Crippen molar-refractivity contribution in [3.63, 3.8) is 0 Å². The van der Waals surface area contributed by atoms with Gasteiger partial charge in [0.25, 0.3) is 0 Å². The van der Waals surface area contributed by atoms with Gasteiger partial charge in [0, 0.05) is 28.9 Å². The number of anilines is 1. The maximum absolute atomic E-state index is 13.8. The van der Waals surface area contributed by atoms with Crippen LogP contribution in [0.2, 0.25) is 0 Å². The summed E-state index contributed by atoms with van der Waals surface area (Å²) in [6.07, 6.45) is 2.24. The molecule has 0 spiro atoms. The standard InChI is InChI=1S/C21H17F4N3O2S/c22-14-9-17(20(27-10-14)28-31-21(23,24)25)12-4-5-16-18(8-12)30-11-13(19(16)29)7-15-3-1-2-6-26-15/h1-6,8-10,13,19,29H,7,11H2,(H,27,28). The van der Waals surface area contributed by atoms with E-state index in [1.54, 1.807) is 24.4 Å². The van der Waals surface area contributed by atoms with Crippen LogP contribution in [0.15, 0.2) is 54.9 Å². The third-order valence-electron chi connectivity index (χ3n) is 4.86. The molecule has 3 aromatic rings. The number of nitrogens with zero attached hydrogens (tertiary/aromatic N) is 2. The lowest BCUT2D eigenvalue weighted by atomic mass is 9.88. The van der Waals surface area contributed by atoms with Gasteiger partial charge < -0.3 is 14.6 Å². The number of aliphatic hydroxyl groups is 1. The molecule has 1 aromatic carbocycles. The topological polar surface area (TPSA) is 67.3 Å². The predicted molar refractivity (Wildman–Crippen MR) is 109 cm³/mol. The Balaban J connectivity index is 1.59. The van der Waals surface area contributed by atoms with Crippen molar-refractivity contribution in [2.24, 2.45) is 5.92 Å². The van der Waals surface area contributed by atoms with Crippen LogP contribution in [0.25, 0.3) is 11.1 Å². The normalized spacial score (nSPS) is 18.2. The predicted octanol–water partition coefficient (Wildman–Crippen LogP) is 5.15. The van der Waals surface area contributed by atoms with Crippen molar-refractivity contribution in [2.75, 3.05) is 11.3 Å². The number of alkyl halides is 3. The first kappa shape index (κ1) is 21.4. The summed E-state index contributed by atoms with van der Waals surface area (Å²) in [4.78, 5) is 8.01. The summed E-state index contributed by atoms with van der Waals surface area (Å²) in [5, 5.41) is 10.8. The highest BCUT2D eigenvalue weighted by molar-refractivity contribution is 8.01. The zero-order chi connectivity index (χ0) is 22.0. The minimum absolute atomic E-state index is 0.131. The van der Waals surface area contributed by atoms with Gasteiger partial charge in [0.1, 0.15) is 17.4 Å². The molecule has 2 atom stereocenters. The Morgan fingerprint density at radius 3 is 2.74 bits per heavy atom. The number of nitrogens with one attached hydrogen (secondary N) is 1. The Morgan fingerprint density at radius 2 is 2.00 bits per heavy atom. The zero-order valence-corrected chi connectivity index (χ0v) is 16.8. The van der Waals surface area contributed by atoms with E-state index in [-0.39, 0.29) is 23.9 Å². The number of pyridine rings is 2. The molecule has 0 amide bonds. The number of rotatable bonds is 5. The maximum Gasteiger partial charge on any atom is 0.461 e. The molecule has 2 aromatic heterocycles. The van der Waals surface area contributed by atoms with Gasteiger partial charge in [-0.3, -0.25) is 4.98 Å². The van der Waals surface area contributed by atoms with Crippen LogP contribution in [0.1, 0.15) is 17.4 Å². The van der Waals surface area contributed by atoms with E-state index >= 15 is 0 Å². The summed E-state index contributed by atoms with van der Waals surface area (Å²) >= 11 is -0.480. The number of hydrogen-bond donors (Lipinski definition) is 2. The van der Waals surface area contributed by atoms with E-state index in [1.807, 2.05) is 18.2 Å². The summed E-state index contributed by atoms with van der Waals surface area (Å²) in [5.74, 6) is -0.634. The van der Waals surface area contributed by atoms with Crippen molar-refractivity contribution in [1.29, 1.82) is 0 Å². The largest absolute Gasteiger partial charge is 0.493 e. The lowest BCUT2D eigenvalue weighted by molar-refractivity contribution is -0.0323. The van der Waals surface area contributed by atoms with Crippen LogP contribution in [0.5, 0.6) is 5.75 Å². The van der Waals surface area contributed by atoms with E-state index in [4.69, 9.17) is 4.74 Å². The Morgan fingerprint density at radius 1 is 1.16 bits per heavy atom. The van der Waals surface area contributed by atoms with Crippen molar-refractivity contribution in [2.45, 2.75) is 18.0 Å². The number of fused-ring (bicyclic) bond motifs is 1. The van der Waals surface area contributed by atoms with E-state index in [1.165, 1.54) is 0 Å². The van der Waals surface area contributed by atoms with Crippen molar-refractivity contribution >= 4 is 17.8 Å². The van der Waals surface area contributed by atoms with Crippen LogP contribution in [0, 0.1) is 11.7 Å². The number of hydrogen-bond acceptors (Lipinski definition) is 6. The number of halogens is 4. The molecule has 1 aliphatic heterocycles. The monoisotopic (exact) mass is 451 g/mol. The Bertz CT molecular complexity index is 1070. The molecule has 3 heterocycles. The van der Waals surface area contributed by atoms with Gasteiger partial charge in [0.15, 0.2) is 0 Å². The first-order chi connectivity index (χ1) is 14.8. The highest BCUT2D eigenvalue weighted by atomic mass is 32.2. The summed E-state index contributed by atoms with van der Waals surface area (Å²) < 4.78 is 59.4. The number of aliphatic hydroxyl groups excluding tert-OH is 1. The van der Waals surface area contributed by atoms with Gasteiger partial charge in [-0.1, -0.05) is 18.2 Å². The lowest BCUT2D eigenvalue weighted by Gasteiger charge is -2.30. The molecule has 0 bridgehead atoms. The van der Waals surface area contributed by atoms with Crippen LogP contribution in [-0.2, 0) is 6.42 Å². The van der Waals surface area contributed by atoms with E-state index in [0.717, 1.165) is 18.0 Å². The summed E-state index contributed by atoms with van der Waals surface area (Å²) in [6.45, 7) is 0.241. The molecule has 0 fully saturated rings. The highest BCUT2D eigenvalue weighted by Gasteiger charge is 2.31. The highest BCUT2D eigenvalue weighted by Crippen LogP contribution is 2.41. The molecule has 4 rings (SSSR count). The van der Waals surface area contributed by atoms with Crippen LogP contribution in [-0.4, -0.2) is 27.2 Å². The minimum Gasteiger partial charge on any atom is -0.493 e. The van der Waals surface area contributed by atoms with Gasteiger partial charge in [-0.25, -0.2) is 9.37 Å². The van der Waals surface area contributed by atoms with Crippen molar-refractivity contribution < 1.29 is 27.4 Å². The molecule has 10 heteroatoms. The number of benzene rings is 1. The smallest absolute Gasteiger partial charge is 0.461 e. The molecule has 162 valence electrons. The minimum atomic E-state index is -4.53. The average Bonchev–Trinajstić information content (AvgIpc) is 2.75. The van der Waals surface area contributed by atoms with Gasteiger partial charge in [-0.05, 0) is 36.2 Å². The number of ether oxygens (including phenoxy) is 1. The molecule has 2 unspecified atom stereocenters. The molecule has 0 radical (unpaired) electrons. The SMILES string of the molecule is OC1c2ccc(-c3cc(F)cnc3NSC(F)(F)F)cc2OCC1Cc1ccccn1. The fraction of sp³-hybridized carbons (Fsp3) is 0.238. The second-order valence-corrected chi connectivity index (χ2v) is 7.86. The van der Waals surface area contributed by atoms with Crippen molar-refractivity contribution in [3.8, 4) is 16.9 Å². The lowest BCUT2D eigenvalue weighted by Crippen LogP contribution is -2.28. The number of aromatic nitrogens is 2. The molecule has 5 nitrogen and oxygen atoms in total. The molecule has 31 heavy (non-hydrogen) atoms. The van der Waals surface area contributed by atoms with Gasteiger partial charge in [-0.15, -0.1) is 0 Å². The molecule has 0 saturated carbocycles. The van der Waals surface area contributed by atoms with Crippen LogP contribution < -0.4 is 9.46 Å². The van der Waals surface area contributed by atoms with E-state index in [9.17, 15) is 22.7 Å². The van der Waals surface area contributed by atoms with Gasteiger partial charge >= 0.3 is 5.51 Å². The quantitative estimate of drug-likeness (QED) is 0.413. The van der Waals surface area contributed by atoms with E-state index in [2.05, 4.69) is 14.7 Å². The molecule has 1 aliphatic rings. The second-order valence-electron chi connectivity index (χ2n) is 6.99. The Labute approximate surface area is 179 Å². The maximum atomic E-state index is 13.8. The zero-order valence-electron chi connectivity index (χ0n) is 15.9. The molecular weight excluding hydrogens is 434 g/mol. The van der Waals surface area contributed by atoms with E-state index < -0.39 is 29.4 Å². The molecular formula is C21H17F4N3O2S. The van der Waals surface area contributed by atoms with Crippen LogP contribution in [0.3, 0.4) is 0 Å². The molecule has 2 N–H and O–H groups in total. The Kier molecular flexibility index (Phi) is 6.01. The van der Waals surface area contributed by atoms with Gasteiger partial charge in [0.05, 0.1) is 30.9 Å². The third kappa shape index (κ3) is 5.08. The van der Waals surface area contributed by atoms with Crippen molar-refractivity contribution in [1.82, 2.24) is 9.97 Å². The Hall–Kier alpha value is -2.85. The fourth-order valence-corrected chi connectivity index (χ4v) is 3.79. The van der Waals surface area contributed by atoms with Gasteiger partial charge in [-0.2, -0.15) is 13.2 Å². The third-order valence-corrected chi connectivity index (χ3v) is 5.38. The van der Waals surface area contributed by atoms with Crippen LogP contribution >= 0.6 is 11.9 Å². The van der Waals surface area contributed by atoms with E-state index in [0.29, 0.717) is 23.3 Å². The summed E-state index contributed by atoms with van der Waals surface area (Å²) in [6, 6.07) is 11.4. The van der Waals surface area contributed by atoms with Crippen molar-refractivity contribution in [3.05, 3.63) is 71.9 Å². The molecule has 0 saturated heterocycles. The molecule has 0 aliphatic carbocycles.